The molecule has 2 heterocycles. The van der Waals surface area contributed by atoms with Gasteiger partial charge in [-0.05, 0) is 65.7 Å². The van der Waals surface area contributed by atoms with E-state index in [0.717, 1.165) is 0 Å². The predicted octanol–water partition coefficient (Wildman–Crippen LogP) is -5.96. The summed E-state index contributed by atoms with van der Waals surface area (Å²) in [6.07, 6.45) is 9.19. The molecule has 0 saturated carbocycles. The van der Waals surface area contributed by atoms with Crippen molar-refractivity contribution in [2.45, 2.75) is 75.5 Å². The van der Waals surface area contributed by atoms with Gasteiger partial charge in [-0.15, -0.1) is 0 Å². The summed E-state index contributed by atoms with van der Waals surface area (Å²) in [5.41, 5.74) is 11.9. The van der Waals surface area contributed by atoms with Crippen molar-refractivity contribution in [1.29, 1.82) is 0 Å². The van der Waals surface area contributed by atoms with Gasteiger partial charge >= 0.3 is 17.1 Å². The van der Waals surface area contributed by atoms with Crippen LogP contribution < -0.4 is 53.6 Å². The number of unbranched alkanes of at least 4 members (excludes halogenated alkanes) is 2. The molecular weight excluding hydrogens is 720 g/mol. The van der Waals surface area contributed by atoms with Crippen LogP contribution in [0.15, 0.2) is 25.0 Å². The van der Waals surface area contributed by atoms with Crippen LogP contribution in [0, 0.1) is 0 Å². The van der Waals surface area contributed by atoms with Crippen LogP contribution in [0.5, 0.6) is 0 Å². The largest absolute Gasteiger partial charge is 2.00 e. The molecule has 0 fully saturated rings. The first-order valence-corrected chi connectivity index (χ1v) is 16.2. The summed E-state index contributed by atoms with van der Waals surface area (Å²) in [6, 6.07) is -4.16. The number of imidazole rings is 2. The number of nitrogens with two attached hydrogens (primary N) is 2. The summed E-state index contributed by atoms with van der Waals surface area (Å²) >= 11 is 0. The second kappa shape index (κ2) is 27.3. The Kier molecular flexibility index (Phi) is 25.0. The summed E-state index contributed by atoms with van der Waals surface area (Å²) in [4.78, 5) is 84.5. The van der Waals surface area contributed by atoms with Crippen LogP contribution >= 0.6 is 0 Å². The minimum absolute atomic E-state index is 0. The molecule has 4 amide bonds. The van der Waals surface area contributed by atoms with Gasteiger partial charge in [0, 0.05) is 25.2 Å². The Balaban J connectivity index is 0.000000962. The molecule has 21 heteroatoms. The molecule has 0 aliphatic rings. The third kappa shape index (κ3) is 20.1. The van der Waals surface area contributed by atoms with Gasteiger partial charge in [0.2, 0.25) is 23.6 Å². The third-order valence-corrected chi connectivity index (χ3v) is 7.01. The van der Waals surface area contributed by atoms with Crippen molar-refractivity contribution in [3.8, 4) is 0 Å². The maximum absolute atomic E-state index is 12.5. The molecule has 12 N–H and O–H groups in total. The number of nitrogens with zero attached hydrogens (tertiary/aromatic N) is 2. The van der Waals surface area contributed by atoms with Gasteiger partial charge in [0.1, 0.15) is 12.1 Å². The zero-order chi connectivity index (χ0) is 37.3. The molecule has 51 heavy (non-hydrogen) atoms. The molecule has 0 aliphatic heterocycles. The van der Waals surface area contributed by atoms with E-state index >= 15 is 0 Å². The number of carboxylic acids is 2. The van der Waals surface area contributed by atoms with Crippen LogP contribution in [-0.4, -0.2) is 120 Å². The third-order valence-electron chi connectivity index (χ3n) is 7.01. The Hall–Kier alpha value is -4.40. The number of amides is 4. The number of likely N-dealkylation sites (N-methyl/N-ethyl adjacent to an activating group) is 2. The van der Waals surface area contributed by atoms with Gasteiger partial charge in [0.05, 0.1) is 61.2 Å². The second-order valence-electron chi connectivity index (χ2n) is 11.2. The minimum Gasteiger partial charge on any atom is -0.548 e. The van der Waals surface area contributed by atoms with Gasteiger partial charge in [-0.2, -0.15) is 0 Å². The molecule has 0 unspecified atom stereocenters. The molecule has 2 aromatic rings. The van der Waals surface area contributed by atoms with E-state index in [1.54, 1.807) is 26.5 Å². The molecule has 0 spiro atoms. The first kappa shape index (κ1) is 46.6. The fraction of sp³-hybridized carbons (Fsp3) is 0.600. The Labute approximate surface area is 306 Å². The first-order valence-electron chi connectivity index (χ1n) is 16.2. The van der Waals surface area contributed by atoms with Crippen LogP contribution in [0.3, 0.4) is 0 Å². The molecule has 20 nitrogen and oxygen atoms in total. The van der Waals surface area contributed by atoms with Gasteiger partial charge in [0.15, 0.2) is 0 Å². The van der Waals surface area contributed by atoms with Crippen molar-refractivity contribution in [2.24, 2.45) is 11.5 Å². The molecule has 289 valence electrons. The Morgan fingerprint density at radius 2 is 1.02 bits per heavy atom. The van der Waals surface area contributed by atoms with Crippen LogP contribution in [0.25, 0.3) is 0 Å². The summed E-state index contributed by atoms with van der Waals surface area (Å²) < 4.78 is 0. The van der Waals surface area contributed by atoms with Gasteiger partial charge in [-0.3, -0.25) is 19.2 Å². The fourth-order valence-corrected chi connectivity index (χ4v) is 4.48. The fourth-order valence-electron chi connectivity index (χ4n) is 4.48. The van der Waals surface area contributed by atoms with Crippen molar-refractivity contribution in [1.82, 2.24) is 51.8 Å². The number of carbonyl (C=O) groups is 6. The van der Waals surface area contributed by atoms with Crippen LogP contribution in [-0.2, 0) is 58.7 Å². The predicted molar refractivity (Wildman–Crippen MR) is 176 cm³/mol. The maximum atomic E-state index is 12.5. The van der Waals surface area contributed by atoms with Crippen LogP contribution in [0.2, 0.25) is 0 Å². The molecule has 0 aromatic carbocycles. The van der Waals surface area contributed by atoms with E-state index in [0.29, 0.717) is 50.2 Å². The summed E-state index contributed by atoms with van der Waals surface area (Å²) in [6.45, 7) is 0.945. The number of aromatic amines is 2. The average molecular weight is 770 g/mol. The number of rotatable bonds is 24. The van der Waals surface area contributed by atoms with Crippen molar-refractivity contribution in [2.75, 3.05) is 40.3 Å². The van der Waals surface area contributed by atoms with E-state index in [-0.39, 0.29) is 67.7 Å². The first-order chi connectivity index (χ1) is 23.9. The van der Waals surface area contributed by atoms with E-state index < -0.39 is 47.9 Å². The number of hydrogen-bond acceptors (Lipinski definition) is 14. The molecule has 2 rings (SSSR count). The average Bonchev–Trinajstić information content (AvgIpc) is 3.78. The Morgan fingerprint density at radius 3 is 1.29 bits per heavy atom. The van der Waals surface area contributed by atoms with Crippen molar-refractivity contribution in [3.63, 3.8) is 0 Å². The number of nitrogens with one attached hydrogen (secondary N) is 8. The van der Waals surface area contributed by atoms with E-state index in [1.165, 1.54) is 12.7 Å². The van der Waals surface area contributed by atoms with E-state index in [9.17, 15) is 39.0 Å². The molecule has 4 atom stereocenters. The number of H-pyrrole nitrogens is 2. The normalized spacial score (nSPS) is 12.8. The van der Waals surface area contributed by atoms with E-state index in [4.69, 9.17) is 11.5 Å². The molecule has 2 aromatic heterocycles. The van der Waals surface area contributed by atoms with Gasteiger partial charge < -0.3 is 73.1 Å². The maximum Gasteiger partial charge on any atom is 2.00 e. The number of hydrogen-bond donors (Lipinski definition) is 10. The molecule has 0 bridgehead atoms. The van der Waals surface area contributed by atoms with Crippen LogP contribution in [0.4, 0.5) is 0 Å². The Bertz CT molecular complexity index is 1200. The zero-order valence-electron chi connectivity index (χ0n) is 28.7. The molecule has 0 saturated heterocycles. The topological polar surface area (TPSA) is 330 Å². The molecular formula is C30H50CuN12O8. The quantitative estimate of drug-likeness (QED) is 0.0351. The second-order valence-corrected chi connectivity index (χ2v) is 11.2. The monoisotopic (exact) mass is 769 g/mol. The zero-order valence-corrected chi connectivity index (χ0v) is 29.7. The van der Waals surface area contributed by atoms with Crippen molar-refractivity contribution >= 4 is 35.6 Å². The minimum atomic E-state index is -1.37. The number of aliphatic carboxylic acids is 2. The van der Waals surface area contributed by atoms with Crippen molar-refractivity contribution < 1.29 is 56.0 Å². The number of aromatic nitrogens is 4. The van der Waals surface area contributed by atoms with Gasteiger partial charge in [0.25, 0.3) is 0 Å². The van der Waals surface area contributed by atoms with Gasteiger partial charge in [-0.1, -0.05) is 0 Å². The number of carboxylic acid groups (broad SMARTS) is 2. The summed E-state index contributed by atoms with van der Waals surface area (Å²) in [7, 11) is 3.21. The molecule has 1 radical (unpaired) electrons. The van der Waals surface area contributed by atoms with E-state index in [2.05, 4.69) is 51.8 Å². The standard InChI is InChI=1S/2C15H26N6O4.Cu/c2*1-17-8-13(22)20-12(6-10-7-18-9-19-10)14(23)21-11(15(24)25)4-2-3-5-16;/h2*7,9,11-12,17H,2-6,8,16H2,1H3,(H,18,19)(H,20,22)(H,21,23)(H,24,25);/q;;+2/p-2/t2*11-,12-;/m00./s1. The molecule has 0 aliphatic carbocycles. The number of carbonyl (C=O) groups excluding carboxylic acids is 6. The Morgan fingerprint density at radius 1 is 0.647 bits per heavy atom. The van der Waals surface area contributed by atoms with Crippen LogP contribution in [0.1, 0.15) is 49.9 Å². The SMILES string of the molecule is CNCC(=O)N[C@@H](Cc1c[nH]cn1)C(=O)N[C@@H](CCCCN)C(=O)[O-].CNCC(=O)N[C@@H](Cc1c[nH]cn1)C(=O)N[C@@H](CCCCN)C(=O)[O-].[Cu+2]. The summed E-state index contributed by atoms with van der Waals surface area (Å²) in [5.74, 6) is -4.71. The van der Waals surface area contributed by atoms with E-state index in [1.807, 2.05) is 0 Å². The van der Waals surface area contributed by atoms with Gasteiger partial charge in [-0.25, -0.2) is 9.97 Å². The smallest absolute Gasteiger partial charge is 0.548 e. The van der Waals surface area contributed by atoms with Crippen molar-refractivity contribution in [3.05, 3.63) is 36.4 Å². The summed E-state index contributed by atoms with van der Waals surface area (Å²) in [5, 5.41) is 37.8.